The maximum Gasteiger partial charge on any atom is 0.239 e. The van der Waals surface area contributed by atoms with Crippen molar-refractivity contribution in [3.63, 3.8) is 0 Å². The van der Waals surface area contributed by atoms with Crippen LogP contribution in [0.1, 0.15) is 39.5 Å². The zero-order valence-electron chi connectivity index (χ0n) is 11.6. The molecule has 0 atom stereocenters. The summed E-state index contributed by atoms with van der Waals surface area (Å²) in [5.74, 6) is 1.16. The summed E-state index contributed by atoms with van der Waals surface area (Å²) in [6, 6.07) is 3.62. The van der Waals surface area contributed by atoms with Crippen LogP contribution < -0.4 is 15.8 Å². The van der Waals surface area contributed by atoms with Crippen molar-refractivity contribution in [3.05, 3.63) is 12.1 Å². The van der Waals surface area contributed by atoms with Crippen molar-refractivity contribution < 1.29 is 9.84 Å². The molecule has 1 aliphatic rings. The molecule has 0 aliphatic heterocycles. The quantitative estimate of drug-likeness (QED) is 0.760. The van der Waals surface area contributed by atoms with Crippen molar-refractivity contribution in [2.45, 2.75) is 51.2 Å². The molecule has 0 unspecified atom stereocenters. The highest BCUT2D eigenvalue weighted by molar-refractivity contribution is 5.54. The number of nitrogen functional groups attached to an aromatic ring is 1. The smallest absolute Gasteiger partial charge is 0.239 e. The minimum Gasteiger partial charge on any atom is -0.473 e. The van der Waals surface area contributed by atoms with Gasteiger partial charge in [0.15, 0.2) is 0 Å². The highest BCUT2D eigenvalue weighted by atomic mass is 16.5. The molecule has 4 N–H and O–H groups in total. The first-order chi connectivity index (χ1) is 9.04. The van der Waals surface area contributed by atoms with Crippen molar-refractivity contribution >= 4 is 11.5 Å². The van der Waals surface area contributed by atoms with Crippen molar-refractivity contribution in [1.29, 1.82) is 0 Å². The van der Waals surface area contributed by atoms with Crippen LogP contribution >= 0.6 is 0 Å². The Balaban J connectivity index is 2.16. The van der Waals surface area contributed by atoms with E-state index in [4.69, 9.17) is 10.5 Å². The van der Waals surface area contributed by atoms with Crippen LogP contribution in [0.2, 0.25) is 0 Å². The van der Waals surface area contributed by atoms with Gasteiger partial charge in [0.05, 0.1) is 23.9 Å². The molecule has 0 saturated heterocycles. The molecule has 1 saturated carbocycles. The van der Waals surface area contributed by atoms with Crippen LogP contribution in [0.3, 0.4) is 0 Å². The Kier molecular flexibility index (Phi) is 4.14. The van der Waals surface area contributed by atoms with E-state index < -0.39 is 0 Å². The van der Waals surface area contributed by atoms with E-state index in [0.29, 0.717) is 17.4 Å². The molecule has 1 fully saturated rings. The first-order valence-electron chi connectivity index (χ1n) is 6.87. The molecule has 1 aliphatic carbocycles. The number of pyridine rings is 1. The van der Waals surface area contributed by atoms with Crippen LogP contribution in [-0.4, -0.2) is 28.3 Å². The lowest BCUT2D eigenvalue weighted by Crippen LogP contribution is -2.39. The summed E-state index contributed by atoms with van der Waals surface area (Å²) in [6.07, 6.45) is 4.24. The first-order valence-corrected chi connectivity index (χ1v) is 6.87. The Bertz CT molecular complexity index is 429. The van der Waals surface area contributed by atoms with Gasteiger partial charge in [-0.15, -0.1) is 0 Å². The van der Waals surface area contributed by atoms with E-state index in [1.807, 2.05) is 19.9 Å². The average molecular weight is 265 g/mol. The Morgan fingerprint density at radius 1 is 1.42 bits per heavy atom. The van der Waals surface area contributed by atoms with Gasteiger partial charge in [-0.1, -0.05) is 12.8 Å². The molecule has 0 amide bonds. The van der Waals surface area contributed by atoms with Crippen LogP contribution in [0.15, 0.2) is 12.1 Å². The van der Waals surface area contributed by atoms with E-state index in [2.05, 4.69) is 10.3 Å². The van der Waals surface area contributed by atoms with Crippen molar-refractivity contribution in [2.24, 2.45) is 0 Å². The maximum atomic E-state index is 9.60. The van der Waals surface area contributed by atoms with Gasteiger partial charge >= 0.3 is 0 Å². The van der Waals surface area contributed by atoms with Gasteiger partial charge in [-0.05, 0) is 38.8 Å². The minimum absolute atomic E-state index is 0.0309. The maximum absolute atomic E-state index is 9.60. The average Bonchev–Trinajstić information content (AvgIpc) is 2.82. The van der Waals surface area contributed by atoms with Gasteiger partial charge in [-0.2, -0.15) is 4.98 Å². The lowest BCUT2D eigenvalue weighted by Gasteiger charge is -2.28. The molecule has 1 heterocycles. The number of aliphatic hydroxyl groups is 1. The van der Waals surface area contributed by atoms with Crippen molar-refractivity contribution in [1.82, 2.24) is 4.98 Å². The zero-order chi connectivity index (χ0) is 13.9. The number of hydrogen-bond donors (Lipinski definition) is 3. The predicted molar refractivity (Wildman–Crippen MR) is 76.3 cm³/mol. The summed E-state index contributed by atoms with van der Waals surface area (Å²) in [5, 5.41) is 12.9. The second kappa shape index (κ2) is 5.65. The molecule has 5 heteroatoms. The summed E-state index contributed by atoms with van der Waals surface area (Å²) in [6.45, 7) is 4.00. The summed E-state index contributed by atoms with van der Waals surface area (Å²) in [7, 11) is 0. The summed E-state index contributed by atoms with van der Waals surface area (Å²) >= 11 is 0. The molecule has 0 radical (unpaired) electrons. The zero-order valence-corrected chi connectivity index (χ0v) is 11.6. The van der Waals surface area contributed by atoms with Gasteiger partial charge < -0.3 is 20.9 Å². The Morgan fingerprint density at radius 2 is 2.11 bits per heavy atom. The number of aliphatic hydroxyl groups excluding tert-OH is 1. The van der Waals surface area contributed by atoms with Crippen LogP contribution in [0.5, 0.6) is 5.88 Å². The normalized spacial score (nSPS) is 17.7. The predicted octanol–water partition coefficient (Wildman–Crippen LogP) is 2.17. The first kappa shape index (κ1) is 13.9. The molecule has 19 heavy (non-hydrogen) atoms. The largest absolute Gasteiger partial charge is 0.473 e. The lowest BCUT2D eigenvalue weighted by molar-refractivity contribution is 0.213. The van der Waals surface area contributed by atoms with Crippen molar-refractivity contribution in [2.75, 3.05) is 17.7 Å². The molecular formula is C14H23N3O2. The number of aromatic nitrogens is 1. The van der Waals surface area contributed by atoms with Gasteiger partial charge in [0.25, 0.3) is 0 Å². The third kappa shape index (κ3) is 3.29. The third-order valence-electron chi connectivity index (χ3n) is 3.49. The summed E-state index contributed by atoms with van der Waals surface area (Å²) in [4.78, 5) is 4.40. The van der Waals surface area contributed by atoms with Crippen LogP contribution in [0.4, 0.5) is 11.5 Å². The lowest BCUT2D eigenvalue weighted by atomic mass is 9.99. The third-order valence-corrected chi connectivity index (χ3v) is 3.49. The summed E-state index contributed by atoms with van der Waals surface area (Å²) in [5.41, 5.74) is 6.14. The number of anilines is 2. The van der Waals surface area contributed by atoms with Crippen LogP contribution in [0, 0.1) is 0 Å². The van der Waals surface area contributed by atoms with E-state index in [0.717, 1.165) is 25.7 Å². The van der Waals surface area contributed by atoms with E-state index in [1.54, 1.807) is 6.07 Å². The molecule has 106 valence electrons. The highest BCUT2D eigenvalue weighted by Crippen LogP contribution is 2.33. The standard InChI is InChI=1S/C14H23N3O2/c1-10(2)19-13-11(15)5-6-12(16-13)17-14(9-18)7-3-4-8-14/h5-6,10,18H,3-4,7-9,15H2,1-2H3,(H,16,17). The molecule has 2 rings (SSSR count). The Hall–Kier alpha value is -1.49. The van der Waals surface area contributed by atoms with E-state index in [-0.39, 0.29) is 18.2 Å². The van der Waals surface area contributed by atoms with Gasteiger partial charge in [0.1, 0.15) is 5.82 Å². The molecule has 0 bridgehead atoms. The second-order valence-corrected chi connectivity index (χ2v) is 5.53. The minimum atomic E-state index is -0.238. The molecule has 0 spiro atoms. The molecular weight excluding hydrogens is 242 g/mol. The Labute approximate surface area is 114 Å². The van der Waals surface area contributed by atoms with E-state index >= 15 is 0 Å². The van der Waals surface area contributed by atoms with Gasteiger partial charge in [0.2, 0.25) is 5.88 Å². The monoisotopic (exact) mass is 265 g/mol. The second-order valence-electron chi connectivity index (χ2n) is 5.53. The molecule has 0 aromatic carbocycles. The molecule has 5 nitrogen and oxygen atoms in total. The Morgan fingerprint density at radius 3 is 2.68 bits per heavy atom. The fourth-order valence-corrected chi connectivity index (χ4v) is 2.48. The van der Waals surface area contributed by atoms with Gasteiger partial charge in [-0.25, -0.2) is 0 Å². The summed E-state index contributed by atoms with van der Waals surface area (Å²) < 4.78 is 5.58. The fourth-order valence-electron chi connectivity index (χ4n) is 2.48. The van der Waals surface area contributed by atoms with Crippen molar-refractivity contribution in [3.8, 4) is 5.88 Å². The van der Waals surface area contributed by atoms with E-state index in [9.17, 15) is 5.11 Å². The SMILES string of the molecule is CC(C)Oc1nc(NC2(CO)CCCC2)ccc1N. The van der Waals surface area contributed by atoms with E-state index in [1.165, 1.54) is 0 Å². The molecule has 1 aromatic heterocycles. The fraction of sp³-hybridized carbons (Fsp3) is 0.643. The number of nitrogens with two attached hydrogens (primary N) is 1. The molecule has 1 aromatic rings. The number of nitrogens with zero attached hydrogens (tertiary/aromatic N) is 1. The number of ether oxygens (including phenoxy) is 1. The number of hydrogen-bond acceptors (Lipinski definition) is 5. The van der Waals surface area contributed by atoms with Crippen LogP contribution in [-0.2, 0) is 0 Å². The topological polar surface area (TPSA) is 80.4 Å². The van der Waals surface area contributed by atoms with Gasteiger partial charge in [-0.3, -0.25) is 0 Å². The number of nitrogens with one attached hydrogen (secondary N) is 1. The van der Waals surface area contributed by atoms with Crippen LogP contribution in [0.25, 0.3) is 0 Å². The number of rotatable bonds is 5. The van der Waals surface area contributed by atoms with Gasteiger partial charge in [0, 0.05) is 0 Å². The highest BCUT2D eigenvalue weighted by Gasteiger charge is 2.33.